The smallest absolute Gasteiger partial charge is 0.395 e. The highest BCUT2D eigenvalue weighted by molar-refractivity contribution is 7.48. The number of phosphoric acid groups is 1. The standard InChI is InChI=1S/C34H53O4P/c1-14-31(6,7)23-18-25-22(5)26-19-24(32(8,9)15-2)21-28(34(12,13)17-4)30(26)38-39(35,36)37-29(25)27(20-23)33(10,11)16-3/h18-22H,14-17H2,1-13H3,(H,35,36). The predicted octanol–water partition coefficient (Wildman–Crippen LogP) is 10.5. The molecule has 0 unspecified atom stereocenters. The van der Waals surface area contributed by atoms with Crippen LogP contribution in [0, 0.1) is 0 Å². The fraction of sp³-hybridized carbons (Fsp3) is 0.647. The Morgan fingerprint density at radius 1 is 0.641 bits per heavy atom. The van der Waals surface area contributed by atoms with E-state index in [1.54, 1.807) is 0 Å². The van der Waals surface area contributed by atoms with Crippen molar-refractivity contribution in [2.45, 2.75) is 143 Å². The summed E-state index contributed by atoms with van der Waals surface area (Å²) in [5, 5.41) is 0. The maximum atomic E-state index is 13.8. The molecule has 0 amide bonds. The SMILES string of the molecule is CCC(C)(C)c1cc2c(c(C(C)(C)CC)c1)OP(=O)(O)Oc1c(cc(C(C)(C)CC)cc1C(C)(C)CC)C2C. The number of hydrogen-bond acceptors (Lipinski definition) is 3. The first-order valence-electron chi connectivity index (χ1n) is 14.9. The Kier molecular flexibility index (Phi) is 8.60. The minimum Gasteiger partial charge on any atom is -0.395 e. The van der Waals surface area contributed by atoms with Crippen molar-refractivity contribution in [1.29, 1.82) is 0 Å². The average Bonchev–Trinajstić information content (AvgIpc) is 2.86. The van der Waals surface area contributed by atoms with Crippen LogP contribution >= 0.6 is 7.82 Å². The van der Waals surface area contributed by atoms with Gasteiger partial charge in [-0.15, -0.1) is 0 Å². The highest BCUT2D eigenvalue weighted by Crippen LogP contribution is 2.57. The molecule has 1 heterocycles. The van der Waals surface area contributed by atoms with Gasteiger partial charge in [0, 0.05) is 28.2 Å². The summed E-state index contributed by atoms with van der Waals surface area (Å²) in [7, 11) is -4.49. The van der Waals surface area contributed by atoms with Crippen molar-refractivity contribution in [3.63, 3.8) is 0 Å². The van der Waals surface area contributed by atoms with Crippen molar-refractivity contribution >= 4 is 7.82 Å². The summed E-state index contributed by atoms with van der Waals surface area (Å²) in [6, 6.07) is 8.83. The van der Waals surface area contributed by atoms with Gasteiger partial charge in [-0.25, -0.2) is 4.57 Å². The molecule has 0 atom stereocenters. The first kappa shape index (κ1) is 31.8. The minimum absolute atomic E-state index is 0.0562. The highest BCUT2D eigenvalue weighted by atomic mass is 31.2. The summed E-state index contributed by atoms with van der Waals surface area (Å²) in [5.41, 5.74) is 5.67. The monoisotopic (exact) mass is 556 g/mol. The van der Waals surface area contributed by atoms with Crippen LogP contribution in [0.1, 0.15) is 155 Å². The number of fused-ring (bicyclic) bond motifs is 2. The molecule has 0 spiro atoms. The van der Waals surface area contributed by atoms with Crippen LogP contribution < -0.4 is 9.05 Å². The highest BCUT2D eigenvalue weighted by Gasteiger charge is 2.41. The Balaban J connectivity index is 2.54. The molecule has 0 bridgehead atoms. The van der Waals surface area contributed by atoms with Gasteiger partial charge in [0.05, 0.1) is 0 Å². The topological polar surface area (TPSA) is 55.8 Å². The van der Waals surface area contributed by atoms with Crippen molar-refractivity contribution in [2.75, 3.05) is 0 Å². The molecule has 218 valence electrons. The lowest BCUT2D eigenvalue weighted by atomic mass is 9.72. The molecule has 0 radical (unpaired) electrons. The molecule has 1 aliphatic heterocycles. The summed E-state index contributed by atoms with van der Waals surface area (Å²) in [6.07, 6.45) is 3.69. The molecule has 1 aliphatic rings. The minimum atomic E-state index is -4.49. The third-order valence-corrected chi connectivity index (χ3v) is 11.0. The second-order valence-electron chi connectivity index (χ2n) is 14.2. The summed E-state index contributed by atoms with van der Waals surface area (Å²) in [6.45, 7) is 28.7. The van der Waals surface area contributed by atoms with Crippen molar-refractivity contribution in [3.05, 3.63) is 57.6 Å². The molecule has 0 aromatic heterocycles. The van der Waals surface area contributed by atoms with Gasteiger partial charge in [-0.1, -0.05) is 114 Å². The number of hydrogen-bond donors (Lipinski definition) is 1. The second kappa shape index (κ2) is 10.6. The molecule has 5 heteroatoms. The summed E-state index contributed by atoms with van der Waals surface area (Å²) in [5.74, 6) is 0.893. The van der Waals surface area contributed by atoms with Crippen molar-refractivity contribution < 1.29 is 18.5 Å². The van der Waals surface area contributed by atoms with Crippen LogP contribution in [0.25, 0.3) is 0 Å². The molecule has 2 aromatic carbocycles. The normalized spacial score (nSPS) is 20.3. The van der Waals surface area contributed by atoms with E-state index in [9.17, 15) is 9.46 Å². The predicted molar refractivity (Wildman–Crippen MR) is 165 cm³/mol. The lowest BCUT2D eigenvalue weighted by molar-refractivity contribution is 0.278. The zero-order valence-electron chi connectivity index (χ0n) is 26.8. The lowest BCUT2D eigenvalue weighted by Crippen LogP contribution is -2.25. The molecule has 0 fully saturated rings. The second-order valence-corrected chi connectivity index (χ2v) is 15.5. The van der Waals surface area contributed by atoms with E-state index in [-0.39, 0.29) is 27.6 Å². The van der Waals surface area contributed by atoms with E-state index in [1.807, 2.05) is 0 Å². The number of rotatable bonds is 8. The maximum Gasteiger partial charge on any atom is 0.584 e. The van der Waals surface area contributed by atoms with Crippen LogP contribution in [-0.2, 0) is 26.2 Å². The van der Waals surface area contributed by atoms with Gasteiger partial charge in [0.15, 0.2) is 0 Å². The molecule has 0 aliphatic carbocycles. The van der Waals surface area contributed by atoms with Crippen molar-refractivity contribution in [3.8, 4) is 11.5 Å². The van der Waals surface area contributed by atoms with Gasteiger partial charge in [0.1, 0.15) is 11.5 Å². The zero-order chi connectivity index (χ0) is 29.8. The van der Waals surface area contributed by atoms with Crippen LogP contribution in [0.2, 0.25) is 0 Å². The van der Waals surface area contributed by atoms with Gasteiger partial charge in [-0.05, 0) is 58.5 Å². The Bertz CT molecular complexity index is 1170. The van der Waals surface area contributed by atoms with Gasteiger partial charge >= 0.3 is 7.82 Å². The maximum absolute atomic E-state index is 13.8. The molecule has 0 saturated heterocycles. The number of phosphoric ester groups is 1. The van der Waals surface area contributed by atoms with E-state index in [2.05, 4.69) is 114 Å². The molecule has 2 aromatic rings. The van der Waals surface area contributed by atoms with Crippen LogP contribution in [0.4, 0.5) is 0 Å². The van der Waals surface area contributed by atoms with Gasteiger partial charge < -0.3 is 9.05 Å². The average molecular weight is 557 g/mol. The van der Waals surface area contributed by atoms with E-state index in [1.165, 1.54) is 11.1 Å². The van der Waals surface area contributed by atoms with E-state index in [4.69, 9.17) is 9.05 Å². The van der Waals surface area contributed by atoms with E-state index in [0.717, 1.165) is 47.9 Å². The fourth-order valence-electron chi connectivity index (χ4n) is 5.14. The Morgan fingerprint density at radius 2 is 0.949 bits per heavy atom. The zero-order valence-corrected chi connectivity index (χ0v) is 27.7. The summed E-state index contributed by atoms with van der Waals surface area (Å²) in [4.78, 5) is 11.2. The lowest BCUT2D eigenvalue weighted by Gasteiger charge is -2.37. The first-order valence-corrected chi connectivity index (χ1v) is 16.4. The van der Waals surface area contributed by atoms with Crippen LogP contribution in [0.15, 0.2) is 24.3 Å². The van der Waals surface area contributed by atoms with Gasteiger partial charge in [0.25, 0.3) is 0 Å². The fourth-order valence-corrected chi connectivity index (χ4v) is 6.05. The third kappa shape index (κ3) is 5.98. The third-order valence-electron chi connectivity index (χ3n) is 10.1. The number of benzene rings is 2. The molecular formula is C34H53O4P. The van der Waals surface area contributed by atoms with Gasteiger partial charge in [-0.2, -0.15) is 0 Å². The first-order chi connectivity index (χ1) is 17.8. The van der Waals surface area contributed by atoms with Crippen molar-refractivity contribution in [1.82, 2.24) is 0 Å². The van der Waals surface area contributed by atoms with E-state index >= 15 is 0 Å². The Hall–Kier alpha value is -1.77. The molecular weight excluding hydrogens is 503 g/mol. The van der Waals surface area contributed by atoms with Crippen molar-refractivity contribution in [2.24, 2.45) is 0 Å². The molecule has 1 N–H and O–H groups in total. The molecule has 4 nitrogen and oxygen atoms in total. The summed E-state index contributed by atoms with van der Waals surface area (Å²) < 4.78 is 25.9. The van der Waals surface area contributed by atoms with Gasteiger partial charge in [-0.3, -0.25) is 4.89 Å². The van der Waals surface area contributed by atoms with E-state index in [0.29, 0.717) is 11.5 Å². The molecule has 0 saturated carbocycles. The largest absolute Gasteiger partial charge is 0.584 e. The molecule has 39 heavy (non-hydrogen) atoms. The van der Waals surface area contributed by atoms with E-state index < -0.39 is 7.82 Å². The molecule has 3 rings (SSSR count). The van der Waals surface area contributed by atoms with Gasteiger partial charge in [0.2, 0.25) is 0 Å². The van der Waals surface area contributed by atoms with Crippen LogP contribution in [0.5, 0.6) is 11.5 Å². The quantitative estimate of drug-likeness (QED) is 0.329. The Morgan fingerprint density at radius 3 is 1.23 bits per heavy atom. The van der Waals surface area contributed by atoms with Crippen LogP contribution in [0.3, 0.4) is 0 Å². The summed E-state index contributed by atoms with van der Waals surface area (Å²) >= 11 is 0. The van der Waals surface area contributed by atoms with Crippen LogP contribution in [-0.4, -0.2) is 4.89 Å². The Labute approximate surface area is 238 Å².